The van der Waals surface area contributed by atoms with Crippen molar-refractivity contribution in [3.05, 3.63) is 89.5 Å². The summed E-state index contributed by atoms with van der Waals surface area (Å²) in [6.45, 7) is 0.932. The zero-order valence-corrected chi connectivity index (χ0v) is 28.2. The number of benzene rings is 3. The summed E-state index contributed by atoms with van der Waals surface area (Å²) in [4.78, 5) is 6.56. The number of rotatable bonds is 11. The van der Waals surface area contributed by atoms with E-state index in [9.17, 15) is 21.6 Å². The highest BCUT2D eigenvalue weighted by Crippen LogP contribution is 2.46. The molecule has 0 amide bonds. The SMILES string of the molecule is COc1ccc(CN(c2ncns2)S(=O)(=O)c2ccc3c(c2)OCC[C@H]3N2CC[C@@H](CS(=O)[O-])C[C@H]2c2ccc(F)cc2)c(OC)c1. The molecule has 1 saturated heterocycles. The first-order valence-corrected chi connectivity index (χ1v) is 18.5. The molecule has 0 bridgehead atoms. The lowest BCUT2D eigenvalue weighted by Crippen LogP contribution is -2.42. The largest absolute Gasteiger partial charge is 0.772 e. The highest BCUT2D eigenvalue weighted by molar-refractivity contribution is 7.93. The van der Waals surface area contributed by atoms with Gasteiger partial charge in [0.2, 0.25) is 5.13 Å². The van der Waals surface area contributed by atoms with Gasteiger partial charge in [-0.25, -0.2) is 22.1 Å². The number of hydrogen-bond donors (Lipinski definition) is 0. The predicted octanol–water partition coefficient (Wildman–Crippen LogP) is 5.25. The third kappa shape index (κ3) is 7.14. The van der Waals surface area contributed by atoms with Crippen LogP contribution in [0.1, 0.15) is 48.0 Å². The first-order valence-electron chi connectivity index (χ1n) is 15.0. The molecule has 0 spiro atoms. The number of likely N-dealkylation sites (tertiary alicyclic amines) is 1. The van der Waals surface area contributed by atoms with Gasteiger partial charge in [0.05, 0.1) is 32.3 Å². The summed E-state index contributed by atoms with van der Waals surface area (Å²) in [5, 5.41) is 0.198. The summed E-state index contributed by atoms with van der Waals surface area (Å²) < 4.78 is 87.6. The van der Waals surface area contributed by atoms with Gasteiger partial charge in [-0.05, 0) is 61.2 Å². The molecule has 4 atom stereocenters. The quantitative estimate of drug-likeness (QED) is 0.191. The summed E-state index contributed by atoms with van der Waals surface area (Å²) in [5.41, 5.74) is 2.35. The Hall–Kier alpha value is -3.63. The molecule has 3 heterocycles. The molecular formula is C32H34FN4O7S3-. The fourth-order valence-electron chi connectivity index (χ4n) is 6.44. The minimum atomic E-state index is -4.15. The zero-order chi connectivity index (χ0) is 33.1. The molecule has 1 fully saturated rings. The van der Waals surface area contributed by atoms with Crippen molar-refractivity contribution < 1.29 is 35.8 Å². The van der Waals surface area contributed by atoms with Gasteiger partial charge in [-0.15, -0.1) is 0 Å². The van der Waals surface area contributed by atoms with E-state index in [1.54, 1.807) is 55.6 Å². The van der Waals surface area contributed by atoms with E-state index >= 15 is 0 Å². The Morgan fingerprint density at radius 2 is 1.89 bits per heavy atom. The van der Waals surface area contributed by atoms with E-state index < -0.39 is 21.1 Å². The lowest BCUT2D eigenvalue weighted by Gasteiger charge is -2.46. The molecule has 3 aromatic carbocycles. The number of nitrogens with zero attached hydrogens (tertiary/aromatic N) is 4. The average molecular weight is 702 g/mol. The standard InChI is InChI=1S/C32H35FN4O7S3/c1-42-25-8-5-23(30(16-25)43-2)18-37(32-34-20-35-45-32)47(40,41)26-9-10-27-28(12-14-44-31(27)17-26)36-13-11-21(19-46(38)39)15-29(36)22-3-6-24(33)7-4-22/h3-10,16-17,20-21,28-29H,11-15,18-19H2,1-2H3,(H,38,39)/p-1/t21-,28-,29+/m1/s1. The molecule has 2 aliphatic rings. The number of sulfonamides is 1. The van der Waals surface area contributed by atoms with Gasteiger partial charge in [-0.2, -0.15) is 4.37 Å². The molecule has 0 radical (unpaired) electrons. The van der Waals surface area contributed by atoms with Crippen molar-refractivity contribution in [3.63, 3.8) is 0 Å². The second kappa shape index (κ2) is 14.2. The second-order valence-electron chi connectivity index (χ2n) is 11.4. The van der Waals surface area contributed by atoms with Crippen LogP contribution in [0.15, 0.2) is 71.9 Å². The summed E-state index contributed by atoms with van der Waals surface area (Å²) in [6, 6.07) is 16.2. The van der Waals surface area contributed by atoms with E-state index in [1.165, 1.54) is 29.9 Å². The Labute approximate surface area is 279 Å². The van der Waals surface area contributed by atoms with Gasteiger partial charge in [0.15, 0.2) is 0 Å². The molecule has 4 aromatic rings. The number of methoxy groups -OCH3 is 2. The van der Waals surface area contributed by atoms with Crippen LogP contribution in [0.25, 0.3) is 0 Å². The first kappa shape index (κ1) is 33.3. The lowest BCUT2D eigenvalue weighted by atomic mass is 9.85. The number of ether oxygens (including phenoxy) is 3. The van der Waals surface area contributed by atoms with Crippen LogP contribution in [-0.2, 0) is 27.6 Å². The van der Waals surface area contributed by atoms with E-state index in [2.05, 4.69) is 14.3 Å². The number of anilines is 1. The molecule has 0 saturated carbocycles. The van der Waals surface area contributed by atoms with E-state index in [-0.39, 0.29) is 46.1 Å². The average Bonchev–Trinajstić information content (AvgIpc) is 3.61. The van der Waals surface area contributed by atoms with E-state index in [1.807, 2.05) is 0 Å². The van der Waals surface area contributed by atoms with Crippen LogP contribution < -0.4 is 18.5 Å². The van der Waals surface area contributed by atoms with Crippen LogP contribution in [0.5, 0.6) is 17.2 Å². The molecule has 11 nitrogen and oxygen atoms in total. The normalized spacial score (nSPS) is 20.6. The van der Waals surface area contributed by atoms with Crippen molar-refractivity contribution in [3.8, 4) is 17.2 Å². The van der Waals surface area contributed by atoms with Gasteiger partial charge in [0, 0.05) is 59.0 Å². The number of aromatic nitrogens is 2. The minimum absolute atomic E-state index is 0.0258. The Morgan fingerprint density at radius 3 is 2.60 bits per heavy atom. The summed E-state index contributed by atoms with van der Waals surface area (Å²) in [6.07, 6.45) is 3.26. The summed E-state index contributed by atoms with van der Waals surface area (Å²) in [5.74, 6) is 1.20. The monoisotopic (exact) mass is 701 g/mol. The molecule has 2 aliphatic heterocycles. The maximum Gasteiger partial charge on any atom is 0.266 e. The molecule has 6 rings (SSSR count). The van der Waals surface area contributed by atoms with Crippen molar-refractivity contribution in [1.82, 2.24) is 14.3 Å². The van der Waals surface area contributed by atoms with Crippen LogP contribution in [0.4, 0.5) is 9.52 Å². The topological polar surface area (TPSA) is 134 Å². The smallest absolute Gasteiger partial charge is 0.266 e. The number of hydrogen-bond acceptors (Lipinski definition) is 11. The molecule has 0 N–H and O–H groups in total. The molecule has 1 aromatic heterocycles. The molecule has 47 heavy (non-hydrogen) atoms. The molecular weight excluding hydrogens is 668 g/mol. The predicted molar refractivity (Wildman–Crippen MR) is 174 cm³/mol. The van der Waals surface area contributed by atoms with E-state index in [0.29, 0.717) is 55.2 Å². The Bertz CT molecular complexity index is 1830. The molecule has 250 valence electrons. The summed E-state index contributed by atoms with van der Waals surface area (Å²) >= 11 is -1.20. The Morgan fingerprint density at radius 1 is 1.09 bits per heavy atom. The number of fused-ring (bicyclic) bond motifs is 1. The molecule has 15 heteroatoms. The lowest BCUT2D eigenvalue weighted by molar-refractivity contribution is 0.0493. The molecule has 0 aliphatic carbocycles. The van der Waals surface area contributed by atoms with Gasteiger partial charge >= 0.3 is 0 Å². The Kier molecular flexibility index (Phi) is 10.1. The fraction of sp³-hybridized carbons (Fsp3) is 0.375. The third-order valence-electron chi connectivity index (χ3n) is 8.73. The van der Waals surface area contributed by atoms with Gasteiger partial charge in [-0.1, -0.05) is 29.3 Å². The maximum absolute atomic E-state index is 14.3. The van der Waals surface area contributed by atoms with Crippen molar-refractivity contribution in [2.24, 2.45) is 5.92 Å². The van der Waals surface area contributed by atoms with Crippen molar-refractivity contribution in [2.75, 3.05) is 37.4 Å². The fourth-order valence-corrected chi connectivity index (χ4v) is 9.27. The number of piperidine rings is 1. The zero-order valence-electron chi connectivity index (χ0n) is 25.8. The summed E-state index contributed by atoms with van der Waals surface area (Å²) in [7, 11) is -1.10. The van der Waals surface area contributed by atoms with Crippen LogP contribution in [0.3, 0.4) is 0 Å². The van der Waals surface area contributed by atoms with Crippen LogP contribution in [-0.4, -0.2) is 64.6 Å². The van der Waals surface area contributed by atoms with Crippen LogP contribution in [0.2, 0.25) is 0 Å². The Balaban J connectivity index is 1.32. The minimum Gasteiger partial charge on any atom is -0.772 e. The third-order valence-corrected chi connectivity index (χ3v) is 12.0. The highest BCUT2D eigenvalue weighted by Gasteiger charge is 2.38. The van der Waals surface area contributed by atoms with Gasteiger partial charge < -0.3 is 18.8 Å². The van der Waals surface area contributed by atoms with Crippen molar-refractivity contribution in [2.45, 2.75) is 42.8 Å². The van der Waals surface area contributed by atoms with Gasteiger partial charge in [0.1, 0.15) is 29.4 Å². The highest BCUT2D eigenvalue weighted by atomic mass is 32.2. The van der Waals surface area contributed by atoms with Crippen LogP contribution >= 0.6 is 11.5 Å². The van der Waals surface area contributed by atoms with E-state index in [0.717, 1.165) is 22.7 Å². The molecule has 1 unspecified atom stereocenters. The van der Waals surface area contributed by atoms with Crippen molar-refractivity contribution >= 4 is 37.8 Å². The maximum atomic E-state index is 14.3. The van der Waals surface area contributed by atoms with Gasteiger partial charge in [0.25, 0.3) is 10.0 Å². The van der Waals surface area contributed by atoms with E-state index in [4.69, 9.17) is 14.2 Å². The van der Waals surface area contributed by atoms with Crippen LogP contribution in [0, 0.1) is 11.7 Å². The number of halogens is 1. The van der Waals surface area contributed by atoms with Gasteiger partial charge in [-0.3, -0.25) is 9.11 Å². The second-order valence-corrected chi connectivity index (χ2v) is 15.0. The van der Waals surface area contributed by atoms with Crippen molar-refractivity contribution in [1.29, 1.82) is 0 Å². The first-order chi connectivity index (χ1) is 22.7.